The molecule has 0 aromatic heterocycles. The van der Waals surface area contributed by atoms with Gasteiger partial charge in [-0.3, -0.25) is 4.79 Å². The van der Waals surface area contributed by atoms with Crippen LogP contribution >= 0.6 is 12.2 Å². The van der Waals surface area contributed by atoms with E-state index in [1.807, 2.05) is 31.2 Å². The van der Waals surface area contributed by atoms with E-state index in [4.69, 9.17) is 27.4 Å². The van der Waals surface area contributed by atoms with Gasteiger partial charge in [0.1, 0.15) is 10.7 Å². The highest BCUT2D eigenvalue weighted by Gasteiger charge is 2.01. The van der Waals surface area contributed by atoms with Crippen LogP contribution < -0.4 is 10.5 Å². The number of nitrogens with two attached hydrogens (primary N) is 1. The molecule has 0 spiro atoms. The maximum Gasteiger partial charge on any atom is 0.305 e. The highest BCUT2D eigenvalue weighted by molar-refractivity contribution is 7.80. The van der Waals surface area contributed by atoms with Gasteiger partial charge in [0.05, 0.1) is 13.2 Å². The maximum absolute atomic E-state index is 11.1. The molecule has 0 radical (unpaired) electrons. The van der Waals surface area contributed by atoms with Crippen LogP contribution in [0, 0.1) is 0 Å². The maximum atomic E-state index is 11.1. The molecule has 2 N–H and O–H groups in total. The molecule has 0 bridgehead atoms. The van der Waals surface area contributed by atoms with E-state index in [1.54, 1.807) is 0 Å². The fourth-order valence-electron chi connectivity index (χ4n) is 1.69. The fraction of sp³-hybridized carbons (Fsp3) is 0.467. The monoisotopic (exact) mass is 295 g/mol. The van der Waals surface area contributed by atoms with Gasteiger partial charge in [-0.1, -0.05) is 12.2 Å². The van der Waals surface area contributed by atoms with Gasteiger partial charge in [0.2, 0.25) is 0 Å². The summed E-state index contributed by atoms with van der Waals surface area (Å²) in [6.45, 7) is 2.90. The van der Waals surface area contributed by atoms with Gasteiger partial charge < -0.3 is 15.2 Å². The van der Waals surface area contributed by atoms with E-state index in [1.165, 1.54) is 0 Å². The number of hydrogen-bond acceptors (Lipinski definition) is 4. The first-order valence-electron chi connectivity index (χ1n) is 6.81. The minimum Gasteiger partial charge on any atom is -0.494 e. The largest absolute Gasteiger partial charge is 0.494 e. The Bertz CT molecular complexity index is 431. The Morgan fingerprint density at radius 3 is 2.50 bits per heavy atom. The summed E-state index contributed by atoms with van der Waals surface area (Å²) in [5.41, 5.74) is 6.35. The topological polar surface area (TPSA) is 61.5 Å². The zero-order chi connectivity index (χ0) is 14.8. The second kappa shape index (κ2) is 9.31. The van der Waals surface area contributed by atoms with Crippen LogP contribution in [-0.4, -0.2) is 24.2 Å². The smallest absolute Gasteiger partial charge is 0.305 e. The van der Waals surface area contributed by atoms with E-state index in [9.17, 15) is 4.79 Å². The zero-order valence-corrected chi connectivity index (χ0v) is 12.6. The number of unbranched alkanes of at least 4 members (excludes halogenated alkanes) is 2. The lowest BCUT2D eigenvalue weighted by Crippen LogP contribution is -2.08. The van der Waals surface area contributed by atoms with Crippen LogP contribution in [0.1, 0.15) is 38.2 Å². The number of ether oxygens (including phenoxy) is 2. The first kappa shape index (κ1) is 16.4. The minimum absolute atomic E-state index is 0.123. The van der Waals surface area contributed by atoms with Gasteiger partial charge in [0, 0.05) is 12.0 Å². The van der Waals surface area contributed by atoms with E-state index in [2.05, 4.69) is 0 Å². The Balaban J connectivity index is 2.12. The van der Waals surface area contributed by atoms with Crippen LogP contribution in [0.2, 0.25) is 0 Å². The summed E-state index contributed by atoms with van der Waals surface area (Å²) in [7, 11) is 0. The molecule has 1 aromatic carbocycles. The van der Waals surface area contributed by atoms with Crippen LogP contribution in [-0.2, 0) is 9.53 Å². The fourth-order valence-corrected chi connectivity index (χ4v) is 1.82. The third kappa shape index (κ3) is 6.52. The Labute approximate surface area is 125 Å². The van der Waals surface area contributed by atoms with E-state index >= 15 is 0 Å². The number of carbonyl (C=O) groups excluding carboxylic acids is 1. The van der Waals surface area contributed by atoms with Crippen molar-refractivity contribution in [3.8, 4) is 5.75 Å². The zero-order valence-electron chi connectivity index (χ0n) is 11.8. The SMILES string of the molecule is CCOC(=O)CCCCCOc1ccc(C(N)=S)cc1. The summed E-state index contributed by atoms with van der Waals surface area (Å²) < 4.78 is 10.5. The first-order chi connectivity index (χ1) is 9.63. The first-order valence-corrected chi connectivity index (χ1v) is 7.22. The summed E-state index contributed by atoms with van der Waals surface area (Å²) in [6.07, 6.45) is 3.18. The number of benzene rings is 1. The van der Waals surface area contributed by atoms with E-state index in [0.717, 1.165) is 30.6 Å². The third-order valence-corrected chi connectivity index (χ3v) is 2.97. The second-order valence-corrected chi connectivity index (χ2v) is 4.79. The van der Waals surface area contributed by atoms with Crippen molar-refractivity contribution in [2.75, 3.05) is 13.2 Å². The van der Waals surface area contributed by atoms with Gasteiger partial charge in [-0.25, -0.2) is 0 Å². The van der Waals surface area contributed by atoms with Gasteiger partial charge in [0.25, 0.3) is 0 Å². The summed E-state index contributed by atoms with van der Waals surface area (Å²) >= 11 is 4.88. The number of esters is 1. The molecule has 0 saturated carbocycles. The van der Waals surface area contributed by atoms with E-state index in [-0.39, 0.29) is 5.97 Å². The molecule has 0 aliphatic carbocycles. The average Bonchev–Trinajstić information content (AvgIpc) is 2.43. The van der Waals surface area contributed by atoms with Crippen molar-refractivity contribution in [2.45, 2.75) is 32.6 Å². The van der Waals surface area contributed by atoms with Crippen molar-refractivity contribution in [1.82, 2.24) is 0 Å². The van der Waals surface area contributed by atoms with Crippen LogP contribution in [0.15, 0.2) is 24.3 Å². The van der Waals surface area contributed by atoms with E-state index in [0.29, 0.717) is 24.6 Å². The minimum atomic E-state index is -0.123. The Morgan fingerprint density at radius 2 is 1.90 bits per heavy atom. The van der Waals surface area contributed by atoms with Gasteiger partial charge in [-0.15, -0.1) is 0 Å². The molecule has 1 rings (SSSR count). The van der Waals surface area contributed by atoms with Crippen LogP contribution in [0.3, 0.4) is 0 Å². The standard InChI is InChI=1S/C15H21NO3S/c1-2-18-14(17)6-4-3-5-11-19-13-9-7-12(8-10-13)15(16)20/h7-10H,2-6,11H2,1H3,(H2,16,20). The molecule has 0 aliphatic rings. The van der Waals surface area contributed by atoms with Gasteiger partial charge in [-0.2, -0.15) is 0 Å². The lowest BCUT2D eigenvalue weighted by Gasteiger charge is -2.07. The highest BCUT2D eigenvalue weighted by Crippen LogP contribution is 2.13. The Kier molecular flexibility index (Phi) is 7.65. The quantitative estimate of drug-likeness (QED) is 0.431. The van der Waals surface area contributed by atoms with Crippen molar-refractivity contribution in [1.29, 1.82) is 0 Å². The van der Waals surface area contributed by atoms with Crippen LogP contribution in [0.4, 0.5) is 0 Å². The lowest BCUT2D eigenvalue weighted by molar-refractivity contribution is -0.143. The molecule has 20 heavy (non-hydrogen) atoms. The van der Waals surface area contributed by atoms with Crippen molar-refractivity contribution in [3.05, 3.63) is 29.8 Å². The summed E-state index contributed by atoms with van der Waals surface area (Å²) in [5, 5.41) is 0. The predicted octanol–water partition coefficient (Wildman–Crippen LogP) is 2.82. The van der Waals surface area contributed by atoms with E-state index < -0.39 is 0 Å². The van der Waals surface area contributed by atoms with Crippen molar-refractivity contribution in [2.24, 2.45) is 5.73 Å². The molecule has 0 fully saturated rings. The second-order valence-electron chi connectivity index (χ2n) is 4.35. The van der Waals surface area contributed by atoms with Gasteiger partial charge in [0.15, 0.2) is 0 Å². The Morgan fingerprint density at radius 1 is 1.20 bits per heavy atom. The van der Waals surface area contributed by atoms with Crippen molar-refractivity contribution in [3.63, 3.8) is 0 Å². The average molecular weight is 295 g/mol. The predicted molar refractivity (Wildman–Crippen MR) is 82.9 cm³/mol. The molecule has 5 heteroatoms. The van der Waals surface area contributed by atoms with Gasteiger partial charge in [-0.05, 0) is 50.5 Å². The molecule has 0 unspecified atom stereocenters. The molecular weight excluding hydrogens is 274 g/mol. The van der Waals surface area contributed by atoms with Crippen molar-refractivity contribution >= 4 is 23.2 Å². The van der Waals surface area contributed by atoms with Crippen LogP contribution in [0.25, 0.3) is 0 Å². The van der Waals surface area contributed by atoms with Gasteiger partial charge >= 0.3 is 5.97 Å². The molecular formula is C15H21NO3S. The number of hydrogen-bond donors (Lipinski definition) is 1. The molecule has 0 amide bonds. The molecule has 0 saturated heterocycles. The highest BCUT2D eigenvalue weighted by atomic mass is 32.1. The molecule has 1 aromatic rings. The summed E-state index contributed by atoms with van der Waals surface area (Å²) in [4.78, 5) is 11.5. The van der Waals surface area contributed by atoms with Crippen molar-refractivity contribution < 1.29 is 14.3 Å². The summed E-state index contributed by atoms with van der Waals surface area (Å²) in [5.74, 6) is 0.678. The third-order valence-electron chi connectivity index (χ3n) is 2.74. The Hall–Kier alpha value is -1.62. The number of rotatable bonds is 9. The summed E-state index contributed by atoms with van der Waals surface area (Å²) in [6, 6.07) is 7.40. The normalized spacial score (nSPS) is 10.1. The number of thiocarbonyl (C=S) groups is 1. The number of carbonyl (C=O) groups is 1. The molecule has 0 atom stereocenters. The molecule has 110 valence electrons. The molecule has 4 nitrogen and oxygen atoms in total. The molecule has 0 aliphatic heterocycles. The molecule has 0 heterocycles. The van der Waals surface area contributed by atoms with Crippen LogP contribution in [0.5, 0.6) is 5.75 Å². The lowest BCUT2D eigenvalue weighted by atomic mass is 10.2.